The van der Waals surface area contributed by atoms with Crippen LogP contribution in [0.1, 0.15) is 27.0 Å². The van der Waals surface area contributed by atoms with Crippen molar-refractivity contribution in [3.8, 4) is 5.75 Å². The van der Waals surface area contributed by atoms with Gasteiger partial charge in [-0.05, 0) is 60.9 Å². The van der Waals surface area contributed by atoms with E-state index in [2.05, 4.69) is 4.72 Å². The highest BCUT2D eigenvalue weighted by molar-refractivity contribution is 7.89. The van der Waals surface area contributed by atoms with Crippen molar-refractivity contribution < 1.29 is 17.9 Å². The van der Waals surface area contributed by atoms with Gasteiger partial charge in [0.25, 0.3) is 5.91 Å². The van der Waals surface area contributed by atoms with Gasteiger partial charge in [-0.25, -0.2) is 13.1 Å². The first-order chi connectivity index (χ1) is 15.3. The zero-order valence-electron chi connectivity index (χ0n) is 17.8. The lowest BCUT2D eigenvalue weighted by Crippen LogP contribution is -2.29. The van der Waals surface area contributed by atoms with E-state index in [0.717, 1.165) is 28.8 Å². The average Bonchev–Trinajstić information content (AvgIpc) is 3.20. The number of ether oxygens (including phenoxy) is 1. The van der Waals surface area contributed by atoms with Crippen molar-refractivity contribution in [3.63, 3.8) is 0 Å². The van der Waals surface area contributed by atoms with Gasteiger partial charge in [-0.1, -0.05) is 41.4 Å². The maximum Gasteiger partial charge on any atom is 0.258 e. The number of aryl methyl sites for hydroxylation is 1. The minimum Gasteiger partial charge on any atom is -0.495 e. The van der Waals surface area contributed by atoms with E-state index in [0.29, 0.717) is 17.1 Å². The number of amides is 1. The van der Waals surface area contributed by atoms with Crippen LogP contribution >= 0.6 is 11.6 Å². The standard InChI is InChI=1S/C24H23ClN2O4S/c1-16-4-3-5-19(12-16)24(28)27-11-10-18-7-6-17(13-21(18)27)15-26-32(29,30)23-14-20(25)8-9-22(23)31-2/h3-9,12-14,26H,10-11,15H2,1-2H3. The zero-order chi connectivity index (χ0) is 22.9. The summed E-state index contributed by atoms with van der Waals surface area (Å²) in [5.41, 5.74) is 4.28. The highest BCUT2D eigenvalue weighted by Gasteiger charge is 2.26. The molecular weight excluding hydrogens is 448 g/mol. The molecule has 1 N–H and O–H groups in total. The van der Waals surface area contributed by atoms with Gasteiger partial charge in [-0.3, -0.25) is 4.79 Å². The molecule has 0 fully saturated rings. The summed E-state index contributed by atoms with van der Waals surface area (Å²) in [4.78, 5) is 14.8. The molecule has 6 nitrogen and oxygen atoms in total. The number of fused-ring (bicyclic) bond motifs is 1. The van der Waals surface area contributed by atoms with Gasteiger partial charge in [0.2, 0.25) is 10.0 Å². The van der Waals surface area contributed by atoms with Crippen LogP contribution in [0.5, 0.6) is 5.75 Å². The number of benzene rings is 3. The molecule has 32 heavy (non-hydrogen) atoms. The minimum absolute atomic E-state index is 0.0232. The second-order valence-electron chi connectivity index (χ2n) is 7.66. The first-order valence-corrected chi connectivity index (χ1v) is 12.0. The van der Waals surface area contributed by atoms with Crippen molar-refractivity contribution in [3.05, 3.63) is 87.9 Å². The molecule has 1 heterocycles. The van der Waals surface area contributed by atoms with Gasteiger partial charge in [0.15, 0.2) is 0 Å². The average molecular weight is 471 g/mol. The summed E-state index contributed by atoms with van der Waals surface area (Å²) in [6.07, 6.45) is 0.763. The number of sulfonamides is 1. The van der Waals surface area contributed by atoms with Crippen molar-refractivity contribution in [1.29, 1.82) is 0 Å². The van der Waals surface area contributed by atoms with Gasteiger partial charge in [-0.2, -0.15) is 0 Å². The molecule has 3 aromatic carbocycles. The van der Waals surface area contributed by atoms with E-state index >= 15 is 0 Å². The molecule has 0 radical (unpaired) electrons. The normalized spacial score (nSPS) is 13.2. The monoisotopic (exact) mass is 470 g/mol. The highest BCUT2D eigenvalue weighted by Crippen LogP contribution is 2.31. The quantitative estimate of drug-likeness (QED) is 0.581. The number of carbonyl (C=O) groups is 1. The van der Waals surface area contributed by atoms with Crippen LogP contribution in [-0.2, 0) is 23.0 Å². The van der Waals surface area contributed by atoms with Gasteiger partial charge in [0.1, 0.15) is 10.6 Å². The van der Waals surface area contributed by atoms with E-state index in [-0.39, 0.29) is 23.1 Å². The Morgan fingerprint density at radius 3 is 2.69 bits per heavy atom. The molecule has 1 amide bonds. The Bertz CT molecular complexity index is 1290. The Morgan fingerprint density at radius 2 is 1.94 bits per heavy atom. The Labute approximate surface area is 192 Å². The predicted molar refractivity (Wildman–Crippen MR) is 125 cm³/mol. The summed E-state index contributed by atoms with van der Waals surface area (Å²) in [6, 6.07) is 17.6. The van der Waals surface area contributed by atoms with Crippen molar-refractivity contribution in [2.24, 2.45) is 0 Å². The van der Waals surface area contributed by atoms with Crippen LogP contribution in [0.15, 0.2) is 65.6 Å². The predicted octanol–water partition coefficient (Wildman–Crippen LogP) is 4.34. The third kappa shape index (κ3) is 4.50. The Kier molecular flexibility index (Phi) is 6.24. The third-order valence-electron chi connectivity index (χ3n) is 5.44. The van der Waals surface area contributed by atoms with E-state index in [9.17, 15) is 13.2 Å². The molecular formula is C24H23ClN2O4S. The van der Waals surface area contributed by atoms with Crippen molar-refractivity contribution in [2.45, 2.75) is 24.8 Å². The van der Waals surface area contributed by atoms with Gasteiger partial charge in [-0.15, -0.1) is 0 Å². The Morgan fingerprint density at radius 1 is 1.12 bits per heavy atom. The lowest BCUT2D eigenvalue weighted by atomic mass is 10.1. The fourth-order valence-corrected chi connectivity index (χ4v) is 5.24. The number of hydrogen-bond donors (Lipinski definition) is 1. The summed E-state index contributed by atoms with van der Waals surface area (Å²) < 4.78 is 33.5. The lowest BCUT2D eigenvalue weighted by molar-refractivity contribution is 0.0989. The molecule has 4 rings (SSSR count). The Balaban J connectivity index is 1.56. The molecule has 166 valence electrons. The molecule has 1 aliphatic rings. The number of nitrogens with one attached hydrogen (secondary N) is 1. The number of methoxy groups -OCH3 is 1. The van der Waals surface area contributed by atoms with Crippen LogP contribution in [0, 0.1) is 6.92 Å². The van der Waals surface area contributed by atoms with E-state index in [1.165, 1.54) is 19.2 Å². The number of halogens is 1. The third-order valence-corrected chi connectivity index (χ3v) is 7.09. The van der Waals surface area contributed by atoms with Crippen molar-refractivity contribution in [2.75, 3.05) is 18.6 Å². The van der Waals surface area contributed by atoms with Gasteiger partial charge in [0, 0.05) is 29.4 Å². The molecule has 8 heteroatoms. The van der Waals surface area contributed by atoms with Crippen LogP contribution in [0.4, 0.5) is 5.69 Å². The minimum atomic E-state index is -3.86. The van der Waals surface area contributed by atoms with Crippen molar-refractivity contribution in [1.82, 2.24) is 4.72 Å². The molecule has 0 unspecified atom stereocenters. The maximum atomic E-state index is 13.1. The highest BCUT2D eigenvalue weighted by atomic mass is 35.5. The number of anilines is 1. The second kappa shape index (κ2) is 8.94. The molecule has 1 aliphatic heterocycles. The summed E-state index contributed by atoms with van der Waals surface area (Å²) in [5, 5.41) is 0.300. The smallest absolute Gasteiger partial charge is 0.258 e. The molecule has 0 spiro atoms. The molecule has 0 aromatic heterocycles. The molecule has 0 saturated carbocycles. The molecule has 0 aliphatic carbocycles. The topological polar surface area (TPSA) is 75.7 Å². The van der Waals surface area contributed by atoms with Crippen LogP contribution in [0.25, 0.3) is 0 Å². The maximum absolute atomic E-state index is 13.1. The van der Waals surface area contributed by atoms with Crippen LogP contribution in [0.3, 0.4) is 0 Å². The number of rotatable bonds is 6. The molecule has 0 bridgehead atoms. The Hall–Kier alpha value is -2.87. The van der Waals surface area contributed by atoms with Crippen LogP contribution < -0.4 is 14.4 Å². The number of carbonyl (C=O) groups excluding carboxylic acids is 1. The first-order valence-electron chi connectivity index (χ1n) is 10.1. The summed E-state index contributed by atoms with van der Waals surface area (Å²) in [6.45, 7) is 2.61. The largest absolute Gasteiger partial charge is 0.495 e. The first kappa shape index (κ1) is 22.3. The zero-order valence-corrected chi connectivity index (χ0v) is 19.3. The number of hydrogen-bond acceptors (Lipinski definition) is 4. The van der Waals surface area contributed by atoms with E-state index in [1.807, 2.05) is 49.4 Å². The molecule has 0 atom stereocenters. The fourth-order valence-electron chi connectivity index (χ4n) is 3.80. The van der Waals surface area contributed by atoms with Gasteiger partial charge < -0.3 is 9.64 Å². The molecule has 0 saturated heterocycles. The SMILES string of the molecule is COc1ccc(Cl)cc1S(=O)(=O)NCc1ccc2c(c1)N(C(=O)c1cccc(C)c1)CC2. The van der Waals surface area contributed by atoms with Gasteiger partial charge in [0.05, 0.1) is 7.11 Å². The fraction of sp³-hybridized carbons (Fsp3) is 0.208. The van der Waals surface area contributed by atoms with E-state index in [1.54, 1.807) is 11.0 Å². The molecule has 3 aromatic rings. The second-order valence-corrected chi connectivity index (χ2v) is 9.83. The van der Waals surface area contributed by atoms with E-state index < -0.39 is 10.0 Å². The number of nitrogens with zero attached hydrogens (tertiary/aromatic N) is 1. The lowest BCUT2D eigenvalue weighted by Gasteiger charge is -2.18. The van der Waals surface area contributed by atoms with Gasteiger partial charge >= 0.3 is 0 Å². The van der Waals surface area contributed by atoms with Crippen LogP contribution in [0.2, 0.25) is 5.02 Å². The summed E-state index contributed by atoms with van der Waals surface area (Å²) >= 11 is 5.98. The summed E-state index contributed by atoms with van der Waals surface area (Å²) in [5.74, 6) is 0.152. The van der Waals surface area contributed by atoms with E-state index in [4.69, 9.17) is 16.3 Å². The summed E-state index contributed by atoms with van der Waals surface area (Å²) in [7, 11) is -2.45. The van der Waals surface area contributed by atoms with Crippen LogP contribution in [-0.4, -0.2) is 28.0 Å². The van der Waals surface area contributed by atoms with Crippen molar-refractivity contribution >= 4 is 33.2 Å².